The summed E-state index contributed by atoms with van der Waals surface area (Å²) in [6, 6.07) is 11.7. The molecule has 0 aliphatic heterocycles. The fraction of sp³-hybridized carbons (Fsp3) is 0.318. The molecule has 0 bridgehead atoms. The smallest absolute Gasteiger partial charge is 0.341 e. The Balaban J connectivity index is 1.62. The molecule has 1 aromatic carbocycles. The van der Waals surface area contributed by atoms with E-state index >= 15 is 0 Å². The van der Waals surface area contributed by atoms with E-state index in [1.807, 2.05) is 54.9 Å². The zero-order valence-corrected chi connectivity index (χ0v) is 20.1. The van der Waals surface area contributed by atoms with Crippen molar-refractivity contribution in [2.45, 2.75) is 33.7 Å². The van der Waals surface area contributed by atoms with Crippen molar-refractivity contribution in [3.05, 3.63) is 58.4 Å². The summed E-state index contributed by atoms with van der Waals surface area (Å²) in [7, 11) is 0. The van der Waals surface area contributed by atoms with Crippen molar-refractivity contribution < 1.29 is 9.53 Å². The van der Waals surface area contributed by atoms with E-state index < -0.39 is 0 Å². The van der Waals surface area contributed by atoms with Crippen molar-refractivity contribution in [2.24, 2.45) is 0 Å². The number of nitrogens with one attached hydrogen (secondary N) is 2. The number of halogens is 1. The maximum absolute atomic E-state index is 12.4. The molecule has 0 atom stereocenters. The van der Waals surface area contributed by atoms with E-state index in [1.165, 1.54) is 11.3 Å². The molecule has 0 aliphatic rings. The van der Waals surface area contributed by atoms with Crippen molar-refractivity contribution in [3.8, 4) is 10.4 Å². The second kappa shape index (κ2) is 10.7. The molecule has 0 aliphatic carbocycles. The van der Waals surface area contributed by atoms with Gasteiger partial charge in [-0.1, -0.05) is 41.9 Å². The Kier molecular flexibility index (Phi) is 8.06. The molecule has 0 saturated carbocycles. The quantitative estimate of drug-likeness (QED) is 0.256. The zero-order valence-electron chi connectivity index (χ0n) is 17.7. The van der Waals surface area contributed by atoms with Gasteiger partial charge in [-0.15, -0.1) is 11.3 Å². The molecule has 0 radical (unpaired) electrons. The molecule has 0 spiro atoms. The number of carbonyl (C=O) groups is 1. The van der Waals surface area contributed by atoms with Gasteiger partial charge in [0.25, 0.3) is 0 Å². The van der Waals surface area contributed by atoms with Gasteiger partial charge in [0.15, 0.2) is 5.11 Å². The van der Waals surface area contributed by atoms with Gasteiger partial charge >= 0.3 is 5.97 Å². The molecule has 9 heteroatoms. The first kappa shape index (κ1) is 23.2. The second-order valence-electron chi connectivity index (χ2n) is 6.88. The Morgan fingerprint density at radius 1 is 1.29 bits per heavy atom. The minimum Gasteiger partial charge on any atom is -0.462 e. The SMILES string of the molecule is CCOC(=O)c1cc(-c2ccccc2)sc1NC(=S)NCCCn1nc(C)c(Cl)c1C. The minimum absolute atomic E-state index is 0.313. The average molecular weight is 477 g/mol. The summed E-state index contributed by atoms with van der Waals surface area (Å²) < 4.78 is 7.12. The van der Waals surface area contributed by atoms with E-state index in [1.54, 1.807) is 6.92 Å². The van der Waals surface area contributed by atoms with Gasteiger partial charge in [0, 0.05) is 18.0 Å². The summed E-state index contributed by atoms with van der Waals surface area (Å²) >= 11 is 13.1. The van der Waals surface area contributed by atoms with Crippen LogP contribution in [0.3, 0.4) is 0 Å². The third-order valence-electron chi connectivity index (χ3n) is 4.64. The van der Waals surface area contributed by atoms with Crippen molar-refractivity contribution in [3.63, 3.8) is 0 Å². The van der Waals surface area contributed by atoms with Crippen LogP contribution in [0.15, 0.2) is 36.4 Å². The number of esters is 1. The third-order valence-corrected chi connectivity index (χ3v) is 6.53. The summed E-state index contributed by atoms with van der Waals surface area (Å²) in [5.74, 6) is -0.368. The lowest BCUT2D eigenvalue weighted by atomic mass is 10.1. The highest BCUT2D eigenvalue weighted by Crippen LogP contribution is 2.35. The number of aromatic nitrogens is 2. The number of aryl methyl sites for hydroxylation is 2. The van der Waals surface area contributed by atoms with Gasteiger partial charge < -0.3 is 15.4 Å². The Morgan fingerprint density at radius 3 is 2.68 bits per heavy atom. The molecule has 2 N–H and O–H groups in total. The highest BCUT2D eigenvalue weighted by Gasteiger charge is 2.19. The van der Waals surface area contributed by atoms with E-state index in [2.05, 4.69) is 15.7 Å². The Morgan fingerprint density at radius 2 is 2.03 bits per heavy atom. The van der Waals surface area contributed by atoms with Gasteiger partial charge in [0.05, 0.1) is 28.6 Å². The highest BCUT2D eigenvalue weighted by atomic mass is 35.5. The van der Waals surface area contributed by atoms with Crippen LogP contribution in [0.1, 0.15) is 35.1 Å². The third kappa shape index (κ3) is 5.84. The molecule has 31 heavy (non-hydrogen) atoms. The monoisotopic (exact) mass is 476 g/mol. The first-order valence-corrected chi connectivity index (χ1v) is 11.6. The van der Waals surface area contributed by atoms with Crippen LogP contribution in [0.5, 0.6) is 0 Å². The van der Waals surface area contributed by atoms with Crippen LogP contribution in [0.4, 0.5) is 5.00 Å². The number of anilines is 1. The van der Waals surface area contributed by atoms with Gasteiger partial charge in [0.1, 0.15) is 5.00 Å². The molecule has 3 aromatic rings. The summed E-state index contributed by atoms with van der Waals surface area (Å²) in [6.07, 6.45) is 0.824. The zero-order chi connectivity index (χ0) is 22.4. The average Bonchev–Trinajstić information content (AvgIpc) is 3.28. The van der Waals surface area contributed by atoms with E-state index in [0.29, 0.717) is 33.9 Å². The molecule has 6 nitrogen and oxygen atoms in total. The van der Waals surface area contributed by atoms with Crippen LogP contribution in [0.25, 0.3) is 10.4 Å². The van der Waals surface area contributed by atoms with Crippen LogP contribution in [0.2, 0.25) is 5.02 Å². The number of thiophene rings is 1. The standard InChI is InChI=1S/C22H25ClN4O2S2/c1-4-29-21(28)17-13-18(16-9-6-5-7-10-16)31-20(17)25-22(30)24-11-8-12-27-15(3)19(23)14(2)26-27/h5-7,9-10,13H,4,8,11-12H2,1-3H3,(H2,24,25,30). The Hall–Kier alpha value is -2.42. The fourth-order valence-electron chi connectivity index (χ4n) is 3.06. The predicted octanol–water partition coefficient (Wildman–Crippen LogP) is 5.44. The molecule has 2 heterocycles. The molecule has 0 fully saturated rings. The summed E-state index contributed by atoms with van der Waals surface area (Å²) in [5.41, 5.74) is 3.31. The Labute approximate surface area is 196 Å². The fourth-order valence-corrected chi connectivity index (χ4v) is 4.52. The largest absolute Gasteiger partial charge is 0.462 e. The Bertz CT molecular complexity index is 1060. The first-order valence-electron chi connectivity index (χ1n) is 10.0. The van der Waals surface area contributed by atoms with Crippen LogP contribution < -0.4 is 10.6 Å². The number of thiocarbonyl (C=S) groups is 1. The van der Waals surface area contributed by atoms with Gasteiger partial charge in [-0.05, 0) is 51.0 Å². The number of rotatable bonds is 8. The van der Waals surface area contributed by atoms with E-state index in [0.717, 1.165) is 34.8 Å². The number of benzene rings is 1. The van der Waals surface area contributed by atoms with Gasteiger partial charge in [-0.2, -0.15) is 5.10 Å². The predicted molar refractivity (Wildman–Crippen MR) is 131 cm³/mol. The summed E-state index contributed by atoms with van der Waals surface area (Å²) in [5, 5.41) is 12.6. The van der Waals surface area contributed by atoms with Gasteiger partial charge in [0.2, 0.25) is 0 Å². The van der Waals surface area contributed by atoms with Gasteiger partial charge in [-0.25, -0.2) is 4.79 Å². The van der Waals surface area contributed by atoms with Crippen LogP contribution in [-0.2, 0) is 11.3 Å². The molecule has 3 rings (SSSR count). The van der Waals surface area contributed by atoms with E-state index in [4.69, 9.17) is 28.6 Å². The van der Waals surface area contributed by atoms with E-state index in [-0.39, 0.29) is 5.97 Å². The number of carbonyl (C=O) groups excluding carboxylic acids is 1. The van der Waals surface area contributed by atoms with Crippen molar-refractivity contribution in [2.75, 3.05) is 18.5 Å². The first-order chi connectivity index (χ1) is 14.9. The maximum Gasteiger partial charge on any atom is 0.341 e. The number of hydrogen-bond acceptors (Lipinski definition) is 5. The van der Waals surface area contributed by atoms with Crippen LogP contribution >= 0.6 is 35.2 Å². The molecular formula is C22H25ClN4O2S2. The normalized spacial score (nSPS) is 10.7. The molecule has 0 amide bonds. The van der Waals surface area contributed by atoms with Crippen LogP contribution in [-0.4, -0.2) is 34.0 Å². The number of hydrogen-bond donors (Lipinski definition) is 2. The number of nitrogens with zero attached hydrogens (tertiary/aromatic N) is 2. The van der Waals surface area contributed by atoms with Gasteiger partial charge in [-0.3, -0.25) is 4.68 Å². The minimum atomic E-state index is -0.368. The molecule has 0 saturated heterocycles. The highest BCUT2D eigenvalue weighted by molar-refractivity contribution is 7.80. The molecule has 164 valence electrons. The summed E-state index contributed by atoms with van der Waals surface area (Å²) in [4.78, 5) is 13.4. The molecule has 0 unspecified atom stereocenters. The lowest BCUT2D eigenvalue weighted by Gasteiger charge is -2.11. The van der Waals surface area contributed by atoms with Crippen molar-refractivity contribution in [1.29, 1.82) is 0 Å². The van der Waals surface area contributed by atoms with Crippen LogP contribution in [0, 0.1) is 13.8 Å². The van der Waals surface area contributed by atoms with E-state index in [9.17, 15) is 4.79 Å². The van der Waals surface area contributed by atoms with Crippen molar-refractivity contribution >= 4 is 51.2 Å². The summed E-state index contributed by atoms with van der Waals surface area (Å²) in [6.45, 7) is 7.36. The topological polar surface area (TPSA) is 68.2 Å². The maximum atomic E-state index is 12.4. The number of ether oxygens (including phenoxy) is 1. The van der Waals surface area contributed by atoms with Crippen molar-refractivity contribution in [1.82, 2.24) is 15.1 Å². The molecule has 2 aromatic heterocycles. The lowest BCUT2D eigenvalue weighted by molar-refractivity contribution is 0.0528. The molecular weight excluding hydrogens is 452 g/mol. The second-order valence-corrected chi connectivity index (χ2v) is 8.72. The lowest BCUT2D eigenvalue weighted by Crippen LogP contribution is -2.30.